The summed E-state index contributed by atoms with van der Waals surface area (Å²) in [6.07, 6.45) is 3.59. The molecular formula is C16H28N2. The summed E-state index contributed by atoms with van der Waals surface area (Å²) in [4.78, 5) is 0. The zero-order chi connectivity index (χ0) is 13.4. The van der Waals surface area contributed by atoms with Crippen molar-refractivity contribution in [2.45, 2.75) is 45.1 Å². The molecule has 0 aromatic heterocycles. The molecule has 0 amide bonds. The Hall–Kier alpha value is -0.860. The molecule has 2 unspecified atom stereocenters. The fourth-order valence-corrected chi connectivity index (χ4v) is 2.25. The van der Waals surface area contributed by atoms with Crippen LogP contribution in [0.1, 0.15) is 56.2 Å². The smallest absolute Gasteiger partial charge is 0.0317 e. The van der Waals surface area contributed by atoms with Crippen LogP contribution in [-0.2, 0) is 0 Å². The van der Waals surface area contributed by atoms with Crippen LogP contribution in [0, 0.1) is 0 Å². The lowest BCUT2D eigenvalue weighted by molar-refractivity contribution is 0.518. The van der Waals surface area contributed by atoms with E-state index < -0.39 is 0 Å². The van der Waals surface area contributed by atoms with Gasteiger partial charge in [0.1, 0.15) is 0 Å². The van der Waals surface area contributed by atoms with Gasteiger partial charge in [0.2, 0.25) is 0 Å². The van der Waals surface area contributed by atoms with E-state index >= 15 is 0 Å². The first-order valence-corrected chi connectivity index (χ1v) is 7.14. The molecular weight excluding hydrogens is 220 g/mol. The third-order valence-corrected chi connectivity index (χ3v) is 3.79. The molecule has 2 N–H and O–H groups in total. The van der Waals surface area contributed by atoms with Gasteiger partial charge in [0, 0.05) is 6.04 Å². The summed E-state index contributed by atoms with van der Waals surface area (Å²) in [7, 11) is 4.06. The van der Waals surface area contributed by atoms with Crippen molar-refractivity contribution in [3.63, 3.8) is 0 Å². The second-order valence-electron chi connectivity index (χ2n) is 5.06. The molecule has 0 heterocycles. The fourth-order valence-electron chi connectivity index (χ4n) is 2.25. The van der Waals surface area contributed by atoms with Crippen molar-refractivity contribution in [2.24, 2.45) is 0 Å². The molecule has 0 saturated carbocycles. The first-order valence-electron chi connectivity index (χ1n) is 7.14. The lowest BCUT2D eigenvalue weighted by Gasteiger charge is -2.18. The summed E-state index contributed by atoms with van der Waals surface area (Å²) >= 11 is 0. The summed E-state index contributed by atoms with van der Waals surface area (Å²) in [6.45, 7) is 5.62. The summed E-state index contributed by atoms with van der Waals surface area (Å²) in [6, 6.07) is 9.60. The van der Waals surface area contributed by atoms with Crippen LogP contribution in [0.3, 0.4) is 0 Å². The molecule has 102 valence electrons. The molecule has 1 aromatic rings. The highest BCUT2D eigenvalue weighted by atomic mass is 14.9. The number of nitrogens with one attached hydrogen (secondary N) is 2. The average molecular weight is 248 g/mol. The Kier molecular flexibility index (Phi) is 6.99. The highest BCUT2D eigenvalue weighted by molar-refractivity contribution is 5.27. The van der Waals surface area contributed by atoms with E-state index in [0.29, 0.717) is 12.0 Å². The van der Waals surface area contributed by atoms with E-state index in [4.69, 9.17) is 0 Å². The highest BCUT2D eigenvalue weighted by Gasteiger charge is 2.09. The van der Waals surface area contributed by atoms with E-state index in [2.05, 4.69) is 48.7 Å². The Morgan fingerprint density at radius 3 is 2.17 bits per heavy atom. The van der Waals surface area contributed by atoms with Crippen LogP contribution in [0.5, 0.6) is 0 Å². The van der Waals surface area contributed by atoms with Crippen LogP contribution < -0.4 is 10.6 Å². The molecule has 0 aliphatic rings. The van der Waals surface area contributed by atoms with Gasteiger partial charge in [-0.05, 0) is 56.9 Å². The van der Waals surface area contributed by atoms with Crippen molar-refractivity contribution < 1.29 is 0 Å². The van der Waals surface area contributed by atoms with E-state index in [-0.39, 0.29) is 0 Å². The Balaban J connectivity index is 2.63. The average Bonchev–Trinajstić information content (AvgIpc) is 2.43. The van der Waals surface area contributed by atoms with Crippen LogP contribution in [0.4, 0.5) is 0 Å². The van der Waals surface area contributed by atoms with Gasteiger partial charge in [-0.2, -0.15) is 0 Å². The third kappa shape index (κ3) is 4.43. The van der Waals surface area contributed by atoms with E-state index in [1.807, 2.05) is 14.1 Å². The number of benzene rings is 1. The van der Waals surface area contributed by atoms with Gasteiger partial charge >= 0.3 is 0 Å². The largest absolute Gasteiger partial charge is 0.320 e. The zero-order valence-corrected chi connectivity index (χ0v) is 12.3. The van der Waals surface area contributed by atoms with Gasteiger partial charge in [0.05, 0.1) is 0 Å². The van der Waals surface area contributed by atoms with E-state index in [0.717, 1.165) is 6.54 Å². The molecule has 0 radical (unpaired) electrons. The maximum atomic E-state index is 3.41. The summed E-state index contributed by atoms with van der Waals surface area (Å²) in [5, 5.41) is 6.61. The van der Waals surface area contributed by atoms with Crippen molar-refractivity contribution >= 4 is 0 Å². The van der Waals surface area contributed by atoms with Gasteiger partial charge in [0.15, 0.2) is 0 Å². The monoisotopic (exact) mass is 248 g/mol. The molecule has 0 aliphatic heterocycles. The van der Waals surface area contributed by atoms with Crippen LogP contribution in [0.15, 0.2) is 24.3 Å². The minimum atomic E-state index is 0.476. The molecule has 0 aliphatic carbocycles. The van der Waals surface area contributed by atoms with Crippen molar-refractivity contribution in [3.05, 3.63) is 35.4 Å². The van der Waals surface area contributed by atoms with Gasteiger partial charge in [-0.1, -0.05) is 38.1 Å². The van der Waals surface area contributed by atoms with E-state index in [1.165, 1.54) is 30.4 Å². The minimum Gasteiger partial charge on any atom is -0.320 e. The van der Waals surface area contributed by atoms with Crippen LogP contribution in [-0.4, -0.2) is 20.6 Å². The molecule has 0 spiro atoms. The first kappa shape index (κ1) is 15.2. The molecule has 18 heavy (non-hydrogen) atoms. The number of rotatable bonds is 8. The maximum Gasteiger partial charge on any atom is 0.0317 e. The highest BCUT2D eigenvalue weighted by Crippen LogP contribution is 2.23. The molecule has 1 rings (SSSR count). The summed E-state index contributed by atoms with van der Waals surface area (Å²) in [5.74, 6) is 0.663. The summed E-state index contributed by atoms with van der Waals surface area (Å²) < 4.78 is 0. The Bertz CT molecular complexity index is 318. The first-order chi connectivity index (χ1) is 8.72. The normalized spacial score (nSPS) is 14.4. The predicted molar refractivity (Wildman–Crippen MR) is 80.1 cm³/mol. The Morgan fingerprint density at radius 2 is 1.67 bits per heavy atom. The molecule has 0 fully saturated rings. The van der Waals surface area contributed by atoms with Gasteiger partial charge in [-0.25, -0.2) is 0 Å². The predicted octanol–water partition coefficient (Wildman–Crippen LogP) is 3.46. The molecule has 2 nitrogen and oxygen atoms in total. The second kappa shape index (κ2) is 8.28. The van der Waals surface area contributed by atoms with Gasteiger partial charge in [0.25, 0.3) is 0 Å². The van der Waals surface area contributed by atoms with Crippen molar-refractivity contribution in [2.75, 3.05) is 20.6 Å². The van der Waals surface area contributed by atoms with Crippen molar-refractivity contribution in [1.29, 1.82) is 0 Å². The minimum absolute atomic E-state index is 0.476. The fraction of sp³-hybridized carbons (Fsp3) is 0.625. The SMILES string of the molecule is CCC(C)c1ccc(C(CCCNC)NC)cc1. The number of hydrogen-bond acceptors (Lipinski definition) is 2. The molecule has 1 aromatic carbocycles. The Morgan fingerprint density at radius 1 is 1.06 bits per heavy atom. The lowest BCUT2D eigenvalue weighted by Crippen LogP contribution is -2.18. The van der Waals surface area contributed by atoms with Gasteiger partial charge in [-0.15, -0.1) is 0 Å². The van der Waals surface area contributed by atoms with Crippen molar-refractivity contribution in [1.82, 2.24) is 10.6 Å². The van der Waals surface area contributed by atoms with Crippen LogP contribution in [0.2, 0.25) is 0 Å². The second-order valence-corrected chi connectivity index (χ2v) is 5.06. The van der Waals surface area contributed by atoms with Gasteiger partial charge in [-0.3, -0.25) is 0 Å². The van der Waals surface area contributed by atoms with Crippen LogP contribution >= 0.6 is 0 Å². The quantitative estimate of drug-likeness (QED) is 0.688. The zero-order valence-electron chi connectivity index (χ0n) is 12.3. The Labute approximate surface area is 112 Å². The third-order valence-electron chi connectivity index (χ3n) is 3.79. The van der Waals surface area contributed by atoms with Crippen LogP contribution in [0.25, 0.3) is 0 Å². The summed E-state index contributed by atoms with van der Waals surface area (Å²) in [5.41, 5.74) is 2.85. The number of hydrogen-bond donors (Lipinski definition) is 2. The molecule has 0 saturated heterocycles. The molecule has 2 atom stereocenters. The van der Waals surface area contributed by atoms with Crippen molar-refractivity contribution in [3.8, 4) is 0 Å². The standard InChI is InChI=1S/C16H28N2/c1-5-13(2)14-8-10-15(11-9-14)16(18-4)7-6-12-17-3/h8-11,13,16-18H,5-7,12H2,1-4H3. The lowest BCUT2D eigenvalue weighted by atomic mass is 9.95. The van der Waals surface area contributed by atoms with E-state index in [9.17, 15) is 0 Å². The van der Waals surface area contributed by atoms with Gasteiger partial charge < -0.3 is 10.6 Å². The van der Waals surface area contributed by atoms with E-state index in [1.54, 1.807) is 0 Å². The topological polar surface area (TPSA) is 24.1 Å². The molecule has 0 bridgehead atoms. The molecule has 2 heteroatoms. The maximum absolute atomic E-state index is 3.41.